The van der Waals surface area contributed by atoms with E-state index < -0.39 is 10.0 Å². The molecule has 2 aromatic rings. The quantitative estimate of drug-likeness (QED) is 0.674. The van der Waals surface area contributed by atoms with Crippen LogP contribution in [0.2, 0.25) is 0 Å². The molecule has 1 aromatic heterocycles. The highest BCUT2D eigenvalue weighted by atomic mass is 32.2. The summed E-state index contributed by atoms with van der Waals surface area (Å²) in [6.07, 6.45) is 1.76. The molecule has 0 atom stereocenters. The van der Waals surface area contributed by atoms with Gasteiger partial charge in [0.15, 0.2) is 0 Å². The number of carbonyl (C=O) groups excluding carboxylic acids is 1. The lowest BCUT2D eigenvalue weighted by Gasteiger charge is -2.22. The van der Waals surface area contributed by atoms with Crippen LogP contribution in [0.3, 0.4) is 0 Å². The molecule has 3 rings (SSSR count). The topological polar surface area (TPSA) is 66.9 Å². The van der Waals surface area contributed by atoms with E-state index in [4.69, 9.17) is 4.74 Å². The molecule has 0 radical (unpaired) electrons. The van der Waals surface area contributed by atoms with Gasteiger partial charge in [-0.05, 0) is 42.5 Å². The molecule has 0 saturated carbocycles. The maximum Gasteiger partial charge on any atom is 0.254 e. The Morgan fingerprint density at radius 2 is 2.00 bits per heavy atom. The normalized spacial score (nSPS) is 15.1. The Labute approximate surface area is 164 Å². The van der Waals surface area contributed by atoms with Crippen molar-refractivity contribution in [1.82, 2.24) is 9.21 Å². The molecule has 0 unspecified atom stereocenters. The maximum absolute atomic E-state index is 13.0. The predicted octanol–water partition coefficient (Wildman–Crippen LogP) is 2.82. The van der Waals surface area contributed by atoms with Gasteiger partial charge in [0.25, 0.3) is 5.91 Å². The van der Waals surface area contributed by atoms with Gasteiger partial charge in [-0.15, -0.1) is 11.3 Å². The van der Waals surface area contributed by atoms with Crippen LogP contribution in [0.1, 0.15) is 28.1 Å². The molecule has 0 spiro atoms. The minimum absolute atomic E-state index is 0.179. The van der Waals surface area contributed by atoms with Crippen LogP contribution in [0.5, 0.6) is 0 Å². The lowest BCUT2D eigenvalue weighted by Crippen LogP contribution is -2.33. The van der Waals surface area contributed by atoms with Gasteiger partial charge in [-0.25, -0.2) is 8.42 Å². The molecular weight excluding hydrogens is 384 g/mol. The standard InChI is InChI=1S/C19H24N2O4S2/c1-25-12-11-20(15-17-7-5-13-26-17)19(22)16-6-4-8-18(14-16)27(23,24)21-9-2-3-10-21/h4-8,13-14H,2-3,9-12,15H2,1H3. The lowest BCUT2D eigenvalue weighted by atomic mass is 10.2. The van der Waals surface area contributed by atoms with Gasteiger partial charge in [-0.2, -0.15) is 4.31 Å². The second-order valence-corrected chi connectivity index (χ2v) is 9.41. The van der Waals surface area contributed by atoms with Gasteiger partial charge < -0.3 is 9.64 Å². The van der Waals surface area contributed by atoms with Gasteiger partial charge in [-0.3, -0.25) is 4.79 Å². The summed E-state index contributed by atoms with van der Waals surface area (Å²) in [4.78, 5) is 16.0. The number of amides is 1. The zero-order chi connectivity index (χ0) is 19.3. The van der Waals surface area contributed by atoms with Crippen molar-refractivity contribution in [3.8, 4) is 0 Å². The van der Waals surface area contributed by atoms with Crippen LogP contribution in [0, 0.1) is 0 Å². The first kappa shape index (κ1) is 20.0. The fourth-order valence-electron chi connectivity index (χ4n) is 3.09. The summed E-state index contributed by atoms with van der Waals surface area (Å²) in [6, 6.07) is 10.3. The summed E-state index contributed by atoms with van der Waals surface area (Å²) >= 11 is 1.58. The summed E-state index contributed by atoms with van der Waals surface area (Å²) in [5, 5.41) is 1.97. The van der Waals surface area contributed by atoms with Gasteiger partial charge in [0, 0.05) is 37.2 Å². The smallest absolute Gasteiger partial charge is 0.254 e. The number of benzene rings is 1. The molecular formula is C19H24N2O4S2. The monoisotopic (exact) mass is 408 g/mol. The third-order valence-corrected chi connectivity index (χ3v) is 7.32. The Hall–Kier alpha value is -1.74. The molecule has 2 heterocycles. The molecule has 1 fully saturated rings. The second kappa shape index (κ2) is 8.97. The number of rotatable bonds is 8. The van der Waals surface area contributed by atoms with Crippen LogP contribution in [0.4, 0.5) is 0 Å². The summed E-state index contributed by atoms with van der Waals surface area (Å²) in [6.45, 7) is 2.42. The van der Waals surface area contributed by atoms with E-state index in [1.807, 2.05) is 17.5 Å². The zero-order valence-corrected chi connectivity index (χ0v) is 17.0. The molecule has 6 nitrogen and oxygen atoms in total. The number of nitrogens with zero attached hydrogens (tertiary/aromatic N) is 2. The van der Waals surface area contributed by atoms with E-state index in [0.29, 0.717) is 38.3 Å². The number of carbonyl (C=O) groups is 1. The molecule has 0 N–H and O–H groups in total. The van der Waals surface area contributed by atoms with Gasteiger partial charge in [-0.1, -0.05) is 12.1 Å². The number of thiophene rings is 1. The average Bonchev–Trinajstić information content (AvgIpc) is 3.38. The van der Waals surface area contributed by atoms with E-state index in [2.05, 4.69) is 0 Å². The summed E-state index contributed by atoms with van der Waals surface area (Å²) in [5.74, 6) is -0.195. The Morgan fingerprint density at radius 3 is 2.67 bits per heavy atom. The largest absolute Gasteiger partial charge is 0.383 e. The first-order valence-corrected chi connectivity index (χ1v) is 11.2. The molecule has 27 heavy (non-hydrogen) atoms. The number of methoxy groups -OCH3 is 1. The van der Waals surface area contributed by atoms with Crippen LogP contribution >= 0.6 is 11.3 Å². The van der Waals surface area contributed by atoms with Crippen molar-refractivity contribution in [2.75, 3.05) is 33.4 Å². The van der Waals surface area contributed by atoms with E-state index in [-0.39, 0.29) is 10.8 Å². The number of sulfonamides is 1. The van der Waals surface area contributed by atoms with Gasteiger partial charge in [0.2, 0.25) is 10.0 Å². The molecule has 0 bridgehead atoms. The highest BCUT2D eigenvalue weighted by Crippen LogP contribution is 2.22. The van der Waals surface area contributed by atoms with Crippen molar-refractivity contribution in [1.29, 1.82) is 0 Å². The van der Waals surface area contributed by atoms with Crippen molar-refractivity contribution in [2.45, 2.75) is 24.3 Å². The summed E-state index contributed by atoms with van der Waals surface area (Å²) in [7, 11) is -1.95. The van der Waals surface area contributed by atoms with Crippen LogP contribution in [-0.2, 0) is 21.3 Å². The predicted molar refractivity (Wildman–Crippen MR) is 105 cm³/mol. The fraction of sp³-hybridized carbons (Fsp3) is 0.421. The molecule has 1 saturated heterocycles. The van der Waals surface area contributed by atoms with E-state index >= 15 is 0 Å². The summed E-state index contributed by atoms with van der Waals surface area (Å²) in [5.41, 5.74) is 0.378. The third-order valence-electron chi connectivity index (χ3n) is 4.56. The highest BCUT2D eigenvalue weighted by Gasteiger charge is 2.28. The van der Waals surface area contributed by atoms with E-state index in [0.717, 1.165) is 17.7 Å². The van der Waals surface area contributed by atoms with E-state index in [1.165, 1.54) is 10.4 Å². The van der Waals surface area contributed by atoms with Crippen molar-refractivity contribution < 1.29 is 17.9 Å². The molecule has 146 valence electrons. The first-order valence-electron chi connectivity index (χ1n) is 8.93. The molecule has 0 aliphatic carbocycles. The molecule has 8 heteroatoms. The van der Waals surface area contributed by atoms with Gasteiger partial charge in [0.1, 0.15) is 0 Å². The Kier molecular flexibility index (Phi) is 6.64. The average molecular weight is 409 g/mol. The summed E-state index contributed by atoms with van der Waals surface area (Å²) < 4.78 is 32.2. The van der Waals surface area contributed by atoms with Crippen molar-refractivity contribution in [2.24, 2.45) is 0 Å². The van der Waals surface area contributed by atoms with Crippen LogP contribution in [-0.4, -0.2) is 56.9 Å². The number of hydrogen-bond acceptors (Lipinski definition) is 5. The minimum Gasteiger partial charge on any atom is -0.383 e. The second-order valence-electron chi connectivity index (χ2n) is 6.44. The Bertz CT molecular complexity index is 860. The Balaban J connectivity index is 1.83. The number of ether oxygens (including phenoxy) is 1. The minimum atomic E-state index is -3.55. The van der Waals surface area contributed by atoms with E-state index in [9.17, 15) is 13.2 Å². The molecule has 1 aliphatic heterocycles. The molecule has 1 aromatic carbocycles. The fourth-order valence-corrected chi connectivity index (χ4v) is 5.38. The Morgan fingerprint density at radius 1 is 1.22 bits per heavy atom. The van der Waals surface area contributed by atoms with Crippen molar-refractivity contribution in [3.63, 3.8) is 0 Å². The molecule has 1 aliphatic rings. The molecule has 1 amide bonds. The SMILES string of the molecule is COCCN(Cc1cccs1)C(=O)c1cccc(S(=O)(=O)N2CCCC2)c1. The van der Waals surface area contributed by atoms with E-state index in [1.54, 1.807) is 41.5 Å². The van der Waals surface area contributed by atoms with Crippen LogP contribution in [0.25, 0.3) is 0 Å². The van der Waals surface area contributed by atoms with Gasteiger partial charge in [0.05, 0.1) is 18.0 Å². The van der Waals surface area contributed by atoms with Gasteiger partial charge >= 0.3 is 0 Å². The third kappa shape index (κ3) is 4.76. The zero-order valence-electron chi connectivity index (χ0n) is 15.3. The van der Waals surface area contributed by atoms with Crippen molar-refractivity contribution in [3.05, 3.63) is 52.2 Å². The number of hydrogen-bond donors (Lipinski definition) is 0. The highest BCUT2D eigenvalue weighted by molar-refractivity contribution is 7.89. The van der Waals surface area contributed by atoms with Crippen LogP contribution in [0.15, 0.2) is 46.7 Å². The van der Waals surface area contributed by atoms with Crippen LogP contribution < -0.4 is 0 Å². The lowest BCUT2D eigenvalue weighted by molar-refractivity contribution is 0.0682. The maximum atomic E-state index is 13.0. The first-order chi connectivity index (χ1) is 13.0. The van der Waals surface area contributed by atoms with Crippen molar-refractivity contribution >= 4 is 27.3 Å².